The number of para-hydroxylation sites is 1. The average Bonchev–Trinajstić information content (AvgIpc) is 3.52. The summed E-state index contributed by atoms with van der Waals surface area (Å²) < 4.78 is 18.8. The number of fused-ring (bicyclic) bond motifs is 1. The van der Waals surface area contributed by atoms with Crippen LogP contribution in [-0.2, 0) is 12.8 Å². The molecule has 0 amide bonds. The number of hydrogen-bond acceptors (Lipinski definition) is 8. The molecule has 2 aromatic heterocycles. The van der Waals surface area contributed by atoms with Crippen molar-refractivity contribution in [2.75, 3.05) is 6.79 Å². The first-order valence-electron chi connectivity index (χ1n) is 9.75. The van der Waals surface area contributed by atoms with E-state index in [9.17, 15) is 0 Å². The highest BCUT2D eigenvalue weighted by Crippen LogP contribution is 2.37. The van der Waals surface area contributed by atoms with Crippen molar-refractivity contribution in [3.05, 3.63) is 65.4 Å². The molecule has 0 aliphatic carbocycles. The average molecular weight is 453 g/mol. The maximum absolute atomic E-state index is 5.98. The van der Waals surface area contributed by atoms with Gasteiger partial charge in [-0.1, -0.05) is 30.0 Å². The van der Waals surface area contributed by atoms with Crippen LogP contribution in [0.15, 0.2) is 59.1 Å². The summed E-state index contributed by atoms with van der Waals surface area (Å²) in [5.41, 5.74) is 2.03. The summed E-state index contributed by atoms with van der Waals surface area (Å²) in [4.78, 5) is 4.77. The van der Waals surface area contributed by atoms with Gasteiger partial charge in [-0.3, -0.25) is 0 Å². The van der Waals surface area contributed by atoms with Crippen LogP contribution in [0.3, 0.4) is 0 Å². The van der Waals surface area contributed by atoms with Crippen LogP contribution in [0.1, 0.15) is 24.5 Å². The lowest BCUT2D eigenvalue weighted by Gasteiger charge is -2.14. The summed E-state index contributed by atoms with van der Waals surface area (Å²) in [6, 6.07) is 15.6. The minimum Gasteiger partial charge on any atom is -0.483 e. The monoisotopic (exact) mass is 452 g/mol. The number of aromatic nitrogens is 4. The molecule has 0 fully saturated rings. The maximum atomic E-state index is 5.98. The quantitative estimate of drug-likeness (QED) is 0.361. The number of benzene rings is 2. The van der Waals surface area contributed by atoms with Crippen molar-refractivity contribution in [2.45, 2.75) is 23.9 Å². The van der Waals surface area contributed by atoms with Crippen LogP contribution in [-0.4, -0.2) is 26.5 Å². The molecule has 0 bridgehead atoms. The van der Waals surface area contributed by atoms with Crippen molar-refractivity contribution in [1.82, 2.24) is 19.7 Å². The van der Waals surface area contributed by atoms with Gasteiger partial charge in [-0.25, -0.2) is 4.98 Å². The second-order valence-corrected chi connectivity index (χ2v) is 8.77. The predicted molar refractivity (Wildman–Crippen MR) is 120 cm³/mol. The van der Waals surface area contributed by atoms with Crippen molar-refractivity contribution in [3.8, 4) is 27.8 Å². The van der Waals surface area contributed by atoms with Gasteiger partial charge in [0.15, 0.2) is 28.6 Å². The summed E-state index contributed by atoms with van der Waals surface area (Å²) in [6.45, 7) is 2.25. The Kier molecular flexibility index (Phi) is 5.52. The Morgan fingerprint density at radius 2 is 1.97 bits per heavy atom. The molecule has 5 rings (SSSR count). The van der Waals surface area contributed by atoms with Gasteiger partial charge in [0.05, 0.1) is 5.69 Å². The van der Waals surface area contributed by atoms with Gasteiger partial charge in [-0.2, -0.15) is 0 Å². The molecule has 9 heteroatoms. The smallest absolute Gasteiger partial charge is 0.231 e. The Labute approximate surface area is 188 Å². The molecule has 0 spiro atoms. The van der Waals surface area contributed by atoms with Crippen LogP contribution in [0.25, 0.3) is 10.6 Å². The van der Waals surface area contributed by atoms with Gasteiger partial charge >= 0.3 is 0 Å². The normalized spacial score (nSPS) is 13.4. The molecule has 1 aliphatic heterocycles. The summed E-state index contributed by atoms with van der Waals surface area (Å²) in [7, 11) is 1.96. The third kappa shape index (κ3) is 4.24. The standard InChI is InChI=1S/C22H20N4O3S2/c1-14(29-17-6-4-3-5-7-17)20-24-25-22(26(20)2)31-12-16-11-30-21(23-16)15-8-9-18-19(10-15)28-13-27-18/h3-11,14H,12-13H2,1-2H3. The molecule has 1 atom stereocenters. The van der Waals surface area contributed by atoms with Gasteiger partial charge in [-0.05, 0) is 37.3 Å². The van der Waals surface area contributed by atoms with E-state index < -0.39 is 0 Å². The molecule has 1 aliphatic rings. The minimum absolute atomic E-state index is 0.203. The van der Waals surface area contributed by atoms with Crippen LogP contribution >= 0.6 is 23.1 Å². The highest BCUT2D eigenvalue weighted by Gasteiger charge is 2.18. The zero-order chi connectivity index (χ0) is 21.2. The summed E-state index contributed by atoms with van der Waals surface area (Å²) >= 11 is 3.22. The molecule has 0 saturated carbocycles. The van der Waals surface area contributed by atoms with Gasteiger partial charge in [0.1, 0.15) is 10.8 Å². The minimum atomic E-state index is -0.203. The van der Waals surface area contributed by atoms with Crippen molar-refractivity contribution in [3.63, 3.8) is 0 Å². The van der Waals surface area contributed by atoms with E-state index in [2.05, 4.69) is 15.6 Å². The molecular formula is C22H20N4O3S2. The maximum Gasteiger partial charge on any atom is 0.231 e. The Morgan fingerprint density at radius 3 is 2.84 bits per heavy atom. The lowest BCUT2D eigenvalue weighted by molar-refractivity contribution is 0.174. The zero-order valence-corrected chi connectivity index (χ0v) is 18.7. The molecule has 4 aromatic rings. The fraction of sp³-hybridized carbons (Fsp3) is 0.227. The Morgan fingerprint density at radius 1 is 1.13 bits per heavy atom. The lowest BCUT2D eigenvalue weighted by atomic mass is 10.2. The number of ether oxygens (including phenoxy) is 3. The summed E-state index contributed by atoms with van der Waals surface area (Å²) in [5, 5.41) is 12.5. The van der Waals surface area contributed by atoms with E-state index in [1.165, 1.54) is 0 Å². The van der Waals surface area contributed by atoms with Crippen molar-refractivity contribution < 1.29 is 14.2 Å². The Hall–Kier alpha value is -3.04. The van der Waals surface area contributed by atoms with Crippen molar-refractivity contribution >= 4 is 23.1 Å². The van der Waals surface area contributed by atoms with Gasteiger partial charge < -0.3 is 18.8 Å². The first kappa shape index (κ1) is 19.9. The van der Waals surface area contributed by atoms with Gasteiger partial charge in [0, 0.05) is 23.7 Å². The van der Waals surface area contributed by atoms with E-state index >= 15 is 0 Å². The number of nitrogens with zero attached hydrogens (tertiary/aromatic N) is 4. The number of hydrogen-bond donors (Lipinski definition) is 0. The van der Waals surface area contributed by atoms with Crippen LogP contribution in [0.2, 0.25) is 0 Å². The Balaban J connectivity index is 1.24. The highest BCUT2D eigenvalue weighted by molar-refractivity contribution is 7.98. The Bertz CT molecular complexity index is 1190. The largest absolute Gasteiger partial charge is 0.483 e. The molecule has 7 nitrogen and oxygen atoms in total. The molecule has 1 unspecified atom stereocenters. The third-order valence-electron chi connectivity index (χ3n) is 4.81. The fourth-order valence-corrected chi connectivity index (χ4v) is 4.97. The van der Waals surface area contributed by atoms with Crippen molar-refractivity contribution in [2.24, 2.45) is 7.05 Å². The summed E-state index contributed by atoms with van der Waals surface area (Å²) in [5.74, 6) is 3.85. The van der Waals surface area contributed by atoms with E-state index in [0.717, 1.165) is 44.5 Å². The molecular weight excluding hydrogens is 432 g/mol. The van der Waals surface area contributed by atoms with Crippen LogP contribution in [0.5, 0.6) is 17.2 Å². The first-order valence-corrected chi connectivity index (χ1v) is 11.6. The highest BCUT2D eigenvalue weighted by atomic mass is 32.2. The SMILES string of the molecule is CC(Oc1ccccc1)c1nnc(SCc2csc(-c3ccc4c(c3)OCO4)n2)n1C. The molecule has 0 radical (unpaired) electrons. The zero-order valence-electron chi connectivity index (χ0n) is 17.0. The van der Waals surface area contributed by atoms with E-state index in [-0.39, 0.29) is 12.9 Å². The number of rotatable bonds is 7. The molecule has 158 valence electrons. The second kappa shape index (κ2) is 8.60. The van der Waals surface area contributed by atoms with E-state index in [1.54, 1.807) is 23.1 Å². The molecule has 3 heterocycles. The first-order chi connectivity index (χ1) is 15.2. The molecule has 2 aromatic carbocycles. The molecule has 31 heavy (non-hydrogen) atoms. The van der Waals surface area contributed by atoms with Crippen LogP contribution in [0.4, 0.5) is 0 Å². The van der Waals surface area contributed by atoms with Crippen LogP contribution in [0, 0.1) is 0 Å². The third-order valence-corrected chi connectivity index (χ3v) is 6.80. The topological polar surface area (TPSA) is 71.3 Å². The van der Waals surface area contributed by atoms with Crippen LogP contribution < -0.4 is 14.2 Å². The lowest BCUT2D eigenvalue weighted by Crippen LogP contribution is -2.10. The number of thiazole rings is 1. The van der Waals surface area contributed by atoms with Crippen molar-refractivity contribution in [1.29, 1.82) is 0 Å². The molecule has 0 saturated heterocycles. The van der Waals surface area contributed by atoms with Gasteiger partial charge in [0.25, 0.3) is 0 Å². The van der Waals surface area contributed by atoms with Gasteiger partial charge in [-0.15, -0.1) is 21.5 Å². The second-order valence-electron chi connectivity index (χ2n) is 6.97. The van der Waals surface area contributed by atoms with E-state index in [4.69, 9.17) is 19.2 Å². The van der Waals surface area contributed by atoms with E-state index in [0.29, 0.717) is 5.75 Å². The predicted octanol–water partition coefficient (Wildman–Crippen LogP) is 5.10. The van der Waals surface area contributed by atoms with E-state index in [1.807, 2.05) is 67.1 Å². The fourth-order valence-electron chi connectivity index (χ4n) is 3.24. The summed E-state index contributed by atoms with van der Waals surface area (Å²) in [6.07, 6.45) is -0.203. The van der Waals surface area contributed by atoms with Gasteiger partial charge in [0.2, 0.25) is 6.79 Å². The molecule has 0 N–H and O–H groups in total. The number of thioether (sulfide) groups is 1.